The van der Waals surface area contributed by atoms with Crippen molar-refractivity contribution in [2.75, 3.05) is 19.7 Å². The summed E-state index contributed by atoms with van der Waals surface area (Å²) in [7, 11) is 0. The molecule has 1 aromatic carbocycles. The highest BCUT2D eigenvalue weighted by Crippen LogP contribution is 2.17. The van der Waals surface area contributed by atoms with E-state index in [0.29, 0.717) is 13.1 Å². The molecule has 24 heavy (non-hydrogen) atoms. The van der Waals surface area contributed by atoms with E-state index in [1.807, 2.05) is 25.1 Å². The number of hydrogen-bond donors (Lipinski definition) is 4. The molecule has 6 nitrogen and oxygen atoms in total. The fraction of sp³-hybridized carbons (Fsp3) is 0.611. The number of nitrogens with one attached hydrogen (secondary N) is 1. The van der Waals surface area contributed by atoms with E-state index < -0.39 is 24.3 Å². The Labute approximate surface area is 143 Å². The molecule has 0 unspecified atom stereocenters. The van der Waals surface area contributed by atoms with Gasteiger partial charge in [-0.05, 0) is 25.3 Å². The zero-order chi connectivity index (χ0) is 17.5. The number of carbonyl (C=O) groups is 1. The summed E-state index contributed by atoms with van der Waals surface area (Å²) in [6.45, 7) is 2.82. The maximum absolute atomic E-state index is 12.7. The van der Waals surface area contributed by atoms with Gasteiger partial charge in [0.2, 0.25) is 5.91 Å². The van der Waals surface area contributed by atoms with Crippen molar-refractivity contribution < 1.29 is 20.1 Å². The fourth-order valence-electron chi connectivity index (χ4n) is 3.15. The van der Waals surface area contributed by atoms with Crippen molar-refractivity contribution in [1.29, 1.82) is 0 Å². The van der Waals surface area contributed by atoms with Gasteiger partial charge in [0, 0.05) is 19.5 Å². The average molecular weight is 336 g/mol. The van der Waals surface area contributed by atoms with Gasteiger partial charge in [-0.1, -0.05) is 30.3 Å². The van der Waals surface area contributed by atoms with E-state index in [4.69, 9.17) is 0 Å². The van der Waals surface area contributed by atoms with Gasteiger partial charge in [0.05, 0.1) is 24.9 Å². The first-order valence-corrected chi connectivity index (χ1v) is 8.62. The van der Waals surface area contributed by atoms with Gasteiger partial charge in [0.25, 0.3) is 0 Å². The van der Waals surface area contributed by atoms with E-state index in [1.54, 1.807) is 4.90 Å². The molecular formula is C18H28N2O4. The Balaban J connectivity index is 1.90. The summed E-state index contributed by atoms with van der Waals surface area (Å²) in [6, 6.07) is 8.76. The zero-order valence-corrected chi connectivity index (χ0v) is 14.1. The molecule has 0 radical (unpaired) electrons. The molecule has 0 spiro atoms. The molecule has 2 rings (SSSR count). The molecule has 0 aromatic heterocycles. The first-order chi connectivity index (χ1) is 11.6. The summed E-state index contributed by atoms with van der Waals surface area (Å²) >= 11 is 0. The summed E-state index contributed by atoms with van der Waals surface area (Å²) in [5, 5.41) is 32.1. The number of likely N-dealkylation sites (N-methyl/N-ethyl adjacent to an activating group) is 1. The molecule has 4 N–H and O–H groups in total. The number of aliphatic hydroxyl groups is 3. The van der Waals surface area contributed by atoms with Gasteiger partial charge in [0.15, 0.2) is 0 Å². The van der Waals surface area contributed by atoms with Crippen LogP contribution in [0.3, 0.4) is 0 Å². The van der Waals surface area contributed by atoms with Crippen LogP contribution in [0.4, 0.5) is 0 Å². The molecule has 1 aromatic rings. The van der Waals surface area contributed by atoms with Crippen molar-refractivity contribution in [2.45, 2.75) is 50.5 Å². The third kappa shape index (κ3) is 4.77. The highest BCUT2D eigenvalue weighted by atomic mass is 16.3. The Hall–Kier alpha value is -1.47. The number of benzene rings is 1. The normalized spacial score (nSPS) is 27.0. The van der Waals surface area contributed by atoms with Crippen LogP contribution in [0.1, 0.15) is 25.3 Å². The highest BCUT2D eigenvalue weighted by molar-refractivity contribution is 5.82. The molecule has 0 saturated carbocycles. The summed E-state index contributed by atoms with van der Waals surface area (Å²) < 4.78 is 0. The summed E-state index contributed by atoms with van der Waals surface area (Å²) in [4.78, 5) is 14.4. The zero-order valence-electron chi connectivity index (χ0n) is 14.1. The van der Waals surface area contributed by atoms with E-state index in [0.717, 1.165) is 12.8 Å². The van der Waals surface area contributed by atoms with E-state index in [-0.39, 0.29) is 18.9 Å². The average Bonchev–Trinajstić information content (AvgIpc) is 2.59. The number of nitrogens with zero attached hydrogens (tertiary/aromatic N) is 1. The first-order valence-electron chi connectivity index (χ1n) is 8.62. The van der Waals surface area contributed by atoms with Crippen LogP contribution in [0.5, 0.6) is 0 Å². The predicted molar refractivity (Wildman–Crippen MR) is 91.4 cm³/mol. The second-order valence-corrected chi connectivity index (χ2v) is 6.31. The second-order valence-electron chi connectivity index (χ2n) is 6.31. The number of piperidine rings is 1. The largest absolute Gasteiger partial charge is 0.395 e. The lowest BCUT2D eigenvalue weighted by Gasteiger charge is -2.38. The third-order valence-corrected chi connectivity index (χ3v) is 4.62. The first kappa shape index (κ1) is 18.9. The van der Waals surface area contributed by atoms with Crippen LogP contribution in [0.15, 0.2) is 30.3 Å². The number of rotatable bonds is 7. The molecule has 0 bridgehead atoms. The monoisotopic (exact) mass is 336 g/mol. The van der Waals surface area contributed by atoms with Crippen LogP contribution < -0.4 is 5.32 Å². The van der Waals surface area contributed by atoms with Crippen LogP contribution in [0.25, 0.3) is 0 Å². The molecule has 1 aliphatic rings. The number of carbonyl (C=O) groups excluding carboxylic acids is 1. The predicted octanol–water partition coefficient (Wildman–Crippen LogP) is -0.0877. The van der Waals surface area contributed by atoms with Gasteiger partial charge in [-0.3, -0.25) is 10.1 Å². The van der Waals surface area contributed by atoms with E-state index in [2.05, 4.69) is 17.4 Å². The smallest absolute Gasteiger partial charge is 0.242 e. The highest BCUT2D eigenvalue weighted by Gasteiger charge is 2.39. The Kier molecular flexibility index (Phi) is 7.17. The topological polar surface area (TPSA) is 93.0 Å². The Bertz CT molecular complexity index is 511. The molecule has 0 aliphatic carbocycles. The molecule has 1 saturated heterocycles. The van der Waals surface area contributed by atoms with Crippen LogP contribution >= 0.6 is 0 Å². The van der Waals surface area contributed by atoms with Crippen molar-refractivity contribution in [1.82, 2.24) is 10.2 Å². The number of hydrogen-bond acceptors (Lipinski definition) is 5. The minimum absolute atomic E-state index is 0.0935. The molecular weight excluding hydrogens is 308 g/mol. The third-order valence-electron chi connectivity index (χ3n) is 4.62. The lowest BCUT2D eigenvalue weighted by atomic mass is 9.92. The fourth-order valence-corrected chi connectivity index (χ4v) is 3.15. The van der Waals surface area contributed by atoms with Crippen molar-refractivity contribution in [3.8, 4) is 0 Å². The molecule has 1 heterocycles. The lowest BCUT2D eigenvalue weighted by Crippen LogP contribution is -2.63. The Morgan fingerprint density at radius 3 is 2.58 bits per heavy atom. The van der Waals surface area contributed by atoms with Crippen molar-refractivity contribution in [2.24, 2.45) is 0 Å². The van der Waals surface area contributed by atoms with Crippen LogP contribution in [-0.4, -0.2) is 70.1 Å². The number of aryl methyl sites for hydroxylation is 1. The molecule has 1 amide bonds. The Morgan fingerprint density at radius 1 is 1.25 bits per heavy atom. The molecule has 1 aliphatic heterocycles. The molecule has 6 heteroatoms. The summed E-state index contributed by atoms with van der Waals surface area (Å²) in [5.74, 6) is -0.177. The summed E-state index contributed by atoms with van der Waals surface area (Å²) in [5.41, 5.74) is 1.24. The molecule has 1 fully saturated rings. The van der Waals surface area contributed by atoms with Gasteiger partial charge >= 0.3 is 0 Å². The SMILES string of the molecule is CCN(CCCc1ccccc1)C(=O)[C@H]1N[C@H](CO)[C@@H](O)C[C@@H]1O. The van der Waals surface area contributed by atoms with E-state index >= 15 is 0 Å². The van der Waals surface area contributed by atoms with Gasteiger partial charge in [-0.15, -0.1) is 0 Å². The maximum Gasteiger partial charge on any atom is 0.242 e. The van der Waals surface area contributed by atoms with E-state index in [1.165, 1.54) is 5.56 Å². The summed E-state index contributed by atoms with van der Waals surface area (Å²) in [6.07, 6.45) is 0.0402. The molecule has 4 atom stereocenters. The standard InChI is InChI=1S/C18H28N2O4/c1-2-20(10-6-9-13-7-4-3-5-8-13)18(24)17-16(23)11-15(22)14(12-21)19-17/h3-5,7-8,14-17,19,21-23H,2,6,9-12H2,1H3/t14-,15+,16+,17+/m1/s1. The van der Waals surface area contributed by atoms with Gasteiger partial charge in [-0.2, -0.15) is 0 Å². The van der Waals surface area contributed by atoms with Crippen molar-refractivity contribution >= 4 is 5.91 Å². The van der Waals surface area contributed by atoms with Gasteiger partial charge in [0.1, 0.15) is 6.04 Å². The van der Waals surface area contributed by atoms with Gasteiger partial charge in [-0.25, -0.2) is 0 Å². The quantitative estimate of drug-likeness (QED) is 0.559. The minimum atomic E-state index is -0.946. The van der Waals surface area contributed by atoms with Crippen LogP contribution in [0.2, 0.25) is 0 Å². The maximum atomic E-state index is 12.7. The minimum Gasteiger partial charge on any atom is -0.395 e. The Morgan fingerprint density at radius 2 is 1.96 bits per heavy atom. The lowest BCUT2D eigenvalue weighted by molar-refractivity contribution is -0.140. The number of aliphatic hydroxyl groups excluding tert-OH is 3. The van der Waals surface area contributed by atoms with Crippen molar-refractivity contribution in [3.63, 3.8) is 0 Å². The van der Waals surface area contributed by atoms with E-state index in [9.17, 15) is 20.1 Å². The number of amides is 1. The second kappa shape index (κ2) is 9.13. The van der Waals surface area contributed by atoms with Crippen molar-refractivity contribution in [3.05, 3.63) is 35.9 Å². The van der Waals surface area contributed by atoms with Gasteiger partial charge < -0.3 is 20.2 Å². The van der Waals surface area contributed by atoms with Crippen LogP contribution in [-0.2, 0) is 11.2 Å². The van der Waals surface area contributed by atoms with Crippen LogP contribution in [0, 0.1) is 0 Å². The molecule has 134 valence electrons.